The van der Waals surface area contributed by atoms with Crippen LogP contribution in [0.15, 0.2) is 28.9 Å². The smallest absolute Gasteiger partial charge is 0.273 e. The summed E-state index contributed by atoms with van der Waals surface area (Å²) in [6, 6.07) is 4.95. The van der Waals surface area contributed by atoms with Crippen molar-refractivity contribution >= 4 is 35.0 Å². The third-order valence-corrected chi connectivity index (χ3v) is 3.66. The van der Waals surface area contributed by atoms with Crippen molar-refractivity contribution in [1.82, 2.24) is 15.6 Å². The molecule has 0 spiro atoms. The molecule has 1 aromatic heterocycles. The highest BCUT2D eigenvalue weighted by Crippen LogP contribution is 2.28. The van der Waals surface area contributed by atoms with Gasteiger partial charge in [-0.1, -0.05) is 23.2 Å². The molecule has 2 aromatic rings. The molecule has 0 radical (unpaired) electrons. The van der Waals surface area contributed by atoms with Gasteiger partial charge in [0.05, 0.1) is 10.0 Å². The van der Waals surface area contributed by atoms with Crippen LogP contribution in [-0.4, -0.2) is 29.9 Å². The maximum absolute atomic E-state index is 11.9. The van der Waals surface area contributed by atoms with Crippen molar-refractivity contribution in [3.8, 4) is 11.5 Å². The number of carbonyl (C=O) groups excluding carboxylic acids is 2. The lowest BCUT2D eigenvalue weighted by Crippen LogP contribution is -2.28. The lowest BCUT2D eigenvalue weighted by Gasteiger charge is -2.03. The molecule has 0 saturated heterocycles. The quantitative estimate of drug-likeness (QED) is 0.780. The van der Waals surface area contributed by atoms with E-state index >= 15 is 0 Å². The van der Waals surface area contributed by atoms with Crippen LogP contribution in [0.1, 0.15) is 23.8 Å². The van der Waals surface area contributed by atoms with Gasteiger partial charge in [0.25, 0.3) is 5.91 Å². The molecule has 6 nitrogen and oxygen atoms in total. The molecule has 23 heavy (non-hydrogen) atoms. The fraction of sp³-hybridized carbons (Fsp3) is 0.267. The third-order valence-electron chi connectivity index (χ3n) is 2.92. The highest BCUT2D eigenvalue weighted by Gasteiger charge is 2.13. The Balaban J connectivity index is 1.92. The second-order valence-corrected chi connectivity index (χ2v) is 5.57. The monoisotopic (exact) mass is 355 g/mol. The van der Waals surface area contributed by atoms with Gasteiger partial charge in [-0.15, -0.1) is 0 Å². The SMILES string of the molecule is CC(=O)NCCCNC(=O)c1coc(-c2ccc(Cl)c(Cl)c2)n1. The Morgan fingerprint density at radius 3 is 2.61 bits per heavy atom. The molecule has 1 heterocycles. The van der Waals surface area contributed by atoms with Gasteiger partial charge in [0.2, 0.25) is 11.8 Å². The van der Waals surface area contributed by atoms with Crippen LogP contribution >= 0.6 is 23.2 Å². The van der Waals surface area contributed by atoms with Crippen LogP contribution in [0.4, 0.5) is 0 Å². The van der Waals surface area contributed by atoms with Crippen LogP contribution in [0.3, 0.4) is 0 Å². The first-order chi connectivity index (χ1) is 11.0. The van der Waals surface area contributed by atoms with Gasteiger partial charge in [0, 0.05) is 25.6 Å². The number of aromatic nitrogens is 1. The predicted molar refractivity (Wildman–Crippen MR) is 87.6 cm³/mol. The van der Waals surface area contributed by atoms with Gasteiger partial charge in [-0.3, -0.25) is 9.59 Å². The molecule has 0 fully saturated rings. The van der Waals surface area contributed by atoms with Crippen molar-refractivity contribution in [3.05, 3.63) is 40.2 Å². The van der Waals surface area contributed by atoms with Gasteiger partial charge in [-0.05, 0) is 24.6 Å². The highest BCUT2D eigenvalue weighted by molar-refractivity contribution is 6.42. The summed E-state index contributed by atoms with van der Waals surface area (Å²) in [7, 11) is 0. The Labute approximate surface area is 143 Å². The summed E-state index contributed by atoms with van der Waals surface area (Å²) < 4.78 is 5.29. The summed E-state index contributed by atoms with van der Waals surface area (Å²) in [6.45, 7) is 2.37. The summed E-state index contributed by atoms with van der Waals surface area (Å²) in [5.74, 6) is -0.158. The van der Waals surface area contributed by atoms with Crippen molar-refractivity contribution in [3.63, 3.8) is 0 Å². The van der Waals surface area contributed by atoms with Gasteiger partial charge < -0.3 is 15.1 Å². The Bertz CT molecular complexity index is 716. The molecule has 2 N–H and O–H groups in total. The second-order valence-electron chi connectivity index (χ2n) is 4.76. The molecule has 0 aliphatic rings. The minimum atomic E-state index is -0.345. The number of nitrogens with one attached hydrogen (secondary N) is 2. The molecule has 0 unspecified atom stereocenters. The van der Waals surface area contributed by atoms with E-state index in [1.54, 1.807) is 18.2 Å². The molecule has 0 atom stereocenters. The van der Waals surface area contributed by atoms with E-state index in [1.807, 2.05) is 0 Å². The molecule has 0 saturated carbocycles. The van der Waals surface area contributed by atoms with Gasteiger partial charge in [-0.25, -0.2) is 4.98 Å². The number of benzene rings is 1. The number of oxazole rings is 1. The Kier molecular flexibility index (Phi) is 6.01. The first kappa shape index (κ1) is 17.3. The summed E-state index contributed by atoms with van der Waals surface area (Å²) in [5.41, 5.74) is 0.801. The van der Waals surface area contributed by atoms with Crippen molar-refractivity contribution < 1.29 is 14.0 Å². The molecule has 0 bridgehead atoms. The summed E-state index contributed by atoms with van der Waals surface area (Å²) in [6.07, 6.45) is 1.91. The maximum Gasteiger partial charge on any atom is 0.273 e. The summed E-state index contributed by atoms with van der Waals surface area (Å²) in [4.78, 5) is 26.8. The largest absolute Gasteiger partial charge is 0.444 e. The van der Waals surface area contributed by atoms with E-state index in [0.717, 1.165) is 0 Å². The molecular weight excluding hydrogens is 341 g/mol. The average molecular weight is 356 g/mol. The van der Waals surface area contributed by atoms with Crippen molar-refractivity contribution in [2.24, 2.45) is 0 Å². The van der Waals surface area contributed by atoms with Crippen molar-refractivity contribution in [2.75, 3.05) is 13.1 Å². The molecule has 8 heteroatoms. The van der Waals surface area contributed by atoms with Crippen LogP contribution in [0, 0.1) is 0 Å². The van der Waals surface area contributed by atoms with Gasteiger partial charge in [0.1, 0.15) is 6.26 Å². The number of amides is 2. The molecular formula is C15H15Cl2N3O3. The van der Waals surface area contributed by atoms with E-state index < -0.39 is 0 Å². The molecule has 0 aliphatic carbocycles. The average Bonchev–Trinajstić information content (AvgIpc) is 2.99. The zero-order valence-corrected chi connectivity index (χ0v) is 13.9. The van der Waals surface area contributed by atoms with E-state index in [4.69, 9.17) is 27.6 Å². The van der Waals surface area contributed by atoms with Crippen LogP contribution in [0.25, 0.3) is 11.5 Å². The lowest BCUT2D eigenvalue weighted by atomic mass is 10.2. The Hall–Kier alpha value is -2.05. The first-order valence-corrected chi connectivity index (χ1v) is 7.66. The van der Waals surface area contributed by atoms with Gasteiger partial charge in [0.15, 0.2) is 5.69 Å². The third kappa shape index (κ3) is 4.97. The van der Waals surface area contributed by atoms with E-state index in [9.17, 15) is 9.59 Å². The number of nitrogens with zero attached hydrogens (tertiary/aromatic N) is 1. The molecule has 0 aliphatic heterocycles. The zero-order chi connectivity index (χ0) is 16.8. The van der Waals surface area contributed by atoms with E-state index in [-0.39, 0.29) is 23.4 Å². The van der Waals surface area contributed by atoms with E-state index in [1.165, 1.54) is 13.2 Å². The summed E-state index contributed by atoms with van der Waals surface area (Å²) >= 11 is 11.8. The number of hydrogen-bond donors (Lipinski definition) is 2. The highest BCUT2D eigenvalue weighted by atomic mass is 35.5. The standard InChI is InChI=1S/C15H15Cl2N3O3/c1-9(21)18-5-2-6-19-14(22)13-8-23-15(20-13)10-3-4-11(16)12(17)7-10/h3-4,7-8H,2,5-6H2,1H3,(H,18,21)(H,19,22). The van der Waals surface area contributed by atoms with Gasteiger partial charge >= 0.3 is 0 Å². The number of hydrogen-bond acceptors (Lipinski definition) is 4. The predicted octanol–water partition coefficient (Wildman–Crippen LogP) is 2.90. The van der Waals surface area contributed by atoms with E-state index in [2.05, 4.69) is 15.6 Å². The lowest BCUT2D eigenvalue weighted by molar-refractivity contribution is -0.118. The first-order valence-electron chi connectivity index (χ1n) is 6.91. The fourth-order valence-corrected chi connectivity index (χ4v) is 2.08. The van der Waals surface area contributed by atoms with Crippen molar-refractivity contribution in [2.45, 2.75) is 13.3 Å². The molecule has 2 amide bonds. The number of carbonyl (C=O) groups is 2. The Morgan fingerprint density at radius 2 is 1.91 bits per heavy atom. The molecule has 1 aromatic carbocycles. The molecule has 122 valence electrons. The van der Waals surface area contributed by atoms with Crippen LogP contribution in [-0.2, 0) is 4.79 Å². The second kappa shape index (κ2) is 7.99. The normalized spacial score (nSPS) is 10.4. The number of halogens is 2. The van der Waals surface area contributed by atoms with Crippen LogP contribution in [0.5, 0.6) is 0 Å². The fourth-order valence-electron chi connectivity index (χ4n) is 1.79. The minimum Gasteiger partial charge on any atom is -0.444 e. The van der Waals surface area contributed by atoms with Crippen LogP contribution < -0.4 is 10.6 Å². The van der Waals surface area contributed by atoms with Gasteiger partial charge in [-0.2, -0.15) is 0 Å². The zero-order valence-electron chi connectivity index (χ0n) is 12.4. The van der Waals surface area contributed by atoms with Crippen molar-refractivity contribution in [1.29, 1.82) is 0 Å². The van der Waals surface area contributed by atoms with E-state index in [0.29, 0.717) is 35.1 Å². The minimum absolute atomic E-state index is 0.0981. The molecule has 2 rings (SSSR count). The van der Waals surface area contributed by atoms with Crippen LogP contribution in [0.2, 0.25) is 10.0 Å². The maximum atomic E-state index is 11.9. The topological polar surface area (TPSA) is 84.2 Å². The Morgan fingerprint density at radius 1 is 1.17 bits per heavy atom. The number of rotatable bonds is 6. The summed E-state index contributed by atoms with van der Waals surface area (Å²) in [5, 5.41) is 6.16.